The van der Waals surface area contributed by atoms with Crippen molar-refractivity contribution in [3.63, 3.8) is 0 Å². The van der Waals surface area contributed by atoms with Crippen LogP contribution in [0.2, 0.25) is 0 Å². The molecule has 1 aromatic carbocycles. The van der Waals surface area contributed by atoms with Gasteiger partial charge in [-0.15, -0.1) is 22.7 Å². The van der Waals surface area contributed by atoms with E-state index in [0.717, 1.165) is 21.8 Å². The number of methoxy groups -OCH3 is 2. The minimum absolute atomic E-state index is 0.161. The number of ether oxygens (including phenoxy) is 2. The number of amides is 1. The number of thiazole rings is 2. The molecule has 0 aliphatic carbocycles. The number of nitrogens with one attached hydrogen (secondary N) is 1. The average molecular weight is 439 g/mol. The van der Waals surface area contributed by atoms with Crippen molar-refractivity contribution in [2.75, 3.05) is 19.5 Å². The van der Waals surface area contributed by atoms with E-state index in [1.807, 2.05) is 41.1 Å². The lowest BCUT2D eigenvalue weighted by Crippen LogP contribution is -2.14. The molecule has 0 spiro atoms. The van der Waals surface area contributed by atoms with Crippen LogP contribution >= 0.6 is 22.7 Å². The second-order valence-corrected chi connectivity index (χ2v) is 7.93. The standard InChI is InChI=1S/C21H18N4O3S2/c1-27-17-6-5-13(8-18(17)28-2)20-23-15(11-29-20)9-19(26)25-21-24-16(12-30-21)14-4-3-7-22-10-14/h3-8,10-12H,9H2,1-2H3,(H,24,25,26). The number of anilines is 1. The molecular formula is C21H18N4O3S2. The van der Waals surface area contributed by atoms with Gasteiger partial charge in [-0.05, 0) is 30.3 Å². The van der Waals surface area contributed by atoms with E-state index in [1.54, 1.807) is 26.6 Å². The smallest absolute Gasteiger partial charge is 0.232 e. The molecule has 0 radical (unpaired) electrons. The van der Waals surface area contributed by atoms with Crippen molar-refractivity contribution in [1.82, 2.24) is 15.0 Å². The van der Waals surface area contributed by atoms with Crippen LogP contribution in [-0.4, -0.2) is 35.1 Å². The number of nitrogens with zero attached hydrogens (tertiary/aromatic N) is 3. The molecular weight excluding hydrogens is 420 g/mol. The Kier molecular flexibility index (Phi) is 6.01. The molecule has 0 fully saturated rings. The summed E-state index contributed by atoms with van der Waals surface area (Å²) in [5, 5.41) is 7.98. The highest BCUT2D eigenvalue weighted by Gasteiger charge is 2.13. The molecule has 30 heavy (non-hydrogen) atoms. The molecule has 0 atom stereocenters. The van der Waals surface area contributed by atoms with Crippen molar-refractivity contribution in [3.8, 4) is 33.3 Å². The topological polar surface area (TPSA) is 86.2 Å². The van der Waals surface area contributed by atoms with Gasteiger partial charge in [-0.1, -0.05) is 0 Å². The van der Waals surface area contributed by atoms with Gasteiger partial charge >= 0.3 is 0 Å². The summed E-state index contributed by atoms with van der Waals surface area (Å²) in [5.41, 5.74) is 3.30. The lowest BCUT2D eigenvalue weighted by atomic mass is 10.2. The molecule has 3 aromatic heterocycles. The van der Waals surface area contributed by atoms with Crippen molar-refractivity contribution < 1.29 is 14.3 Å². The Hall–Kier alpha value is -3.30. The summed E-state index contributed by atoms with van der Waals surface area (Å²) in [7, 11) is 3.19. The summed E-state index contributed by atoms with van der Waals surface area (Å²) in [6.45, 7) is 0. The van der Waals surface area contributed by atoms with Crippen molar-refractivity contribution in [1.29, 1.82) is 0 Å². The molecule has 0 saturated carbocycles. The Morgan fingerprint density at radius 3 is 2.67 bits per heavy atom. The highest BCUT2D eigenvalue weighted by molar-refractivity contribution is 7.14. The van der Waals surface area contributed by atoms with Crippen LogP contribution in [-0.2, 0) is 11.2 Å². The zero-order valence-corrected chi connectivity index (χ0v) is 17.9. The molecule has 3 heterocycles. The Morgan fingerprint density at radius 2 is 1.90 bits per heavy atom. The van der Waals surface area contributed by atoms with Crippen LogP contribution in [0.4, 0.5) is 5.13 Å². The average Bonchev–Trinajstić information content (AvgIpc) is 3.43. The summed E-state index contributed by atoms with van der Waals surface area (Å²) in [4.78, 5) is 25.6. The minimum atomic E-state index is -0.161. The van der Waals surface area contributed by atoms with Gasteiger partial charge in [-0.25, -0.2) is 9.97 Å². The fourth-order valence-corrected chi connectivity index (χ4v) is 4.35. The SMILES string of the molecule is COc1ccc(-c2nc(CC(=O)Nc3nc(-c4cccnc4)cs3)cs2)cc1OC. The Balaban J connectivity index is 1.42. The van der Waals surface area contributed by atoms with Crippen LogP contribution in [0, 0.1) is 0 Å². The van der Waals surface area contributed by atoms with E-state index in [4.69, 9.17) is 9.47 Å². The fourth-order valence-electron chi connectivity index (χ4n) is 2.80. The third kappa shape index (κ3) is 4.47. The van der Waals surface area contributed by atoms with Crippen molar-refractivity contribution in [3.05, 3.63) is 59.2 Å². The van der Waals surface area contributed by atoms with Crippen molar-refractivity contribution >= 4 is 33.7 Å². The molecule has 0 bridgehead atoms. The normalized spacial score (nSPS) is 10.6. The van der Waals surface area contributed by atoms with Gasteiger partial charge < -0.3 is 14.8 Å². The van der Waals surface area contributed by atoms with Crippen LogP contribution in [0.15, 0.2) is 53.5 Å². The predicted molar refractivity (Wildman–Crippen MR) is 118 cm³/mol. The van der Waals surface area contributed by atoms with E-state index in [1.165, 1.54) is 22.7 Å². The Morgan fingerprint density at radius 1 is 1.03 bits per heavy atom. The third-order valence-corrected chi connectivity index (χ3v) is 5.93. The first-order chi connectivity index (χ1) is 14.7. The quantitative estimate of drug-likeness (QED) is 0.456. The first kappa shape index (κ1) is 20.0. The summed E-state index contributed by atoms with van der Waals surface area (Å²) in [5.74, 6) is 1.13. The van der Waals surface area contributed by atoms with Crippen LogP contribution < -0.4 is 14.8 Å². The van der Waals surface area contributed by atoms with Gasteiger partial charge in [-0.3, -0.25) is 9.78 Å². The van der Waals surface area contributed by atoms with Gasteiger partial charge in [-0.2, -0.15) is 0 Å². The van der Waals surface area contributed by atoms with Crippen LogP contribution in [0.25, 0.3) is 21.8 Å². The maximum atomic E-state index is 12.4. The number of hydrogen-bond donors (Lipinski definition) is 1. The molecule has 7 nitrogen and oxygen atoms in total. The first-order valence-corrected chi connectivity index (χ1v) is 10.7. The highest BCUT2D eigenvalue weighted by Crippen LogP contribution is 2.33. The lowest BCUT2D eigenvalue weighted by Gasteiger charge is -2.08. The van der Waals surface area contributed by atoms with Gasteiger partial charge in [0.15, 0.2) is 16.6 Å². The number of rotatable bonds is 7. The molecule has 152 valence electrons. The molecule has 1 amide bonds. The highest BCUT2D eigenvalue weighted by atomic mass is 32.1. The Labute approximate surface area is 181 Å². The molecule has 0 saturated heterocycles. The second-order valence-electron chi connectivity index (χ2n) is 6.22. The second kappa shape index (κ2) is 9.02. The van der Waals surface area contributed by atoms with Gasteiger partial charge in [0.05, 0.1) is 32.0 Å². The van der Waals surface area contributed by atoms with Crippen molar-refractivity contribution in [2.45, 2.75) is 6.42 Å². The maximum absolute atomic E-state index is 12.4. The van der Waals surface area contributed by atoms with Crippen molar-refractivity contribution in [2.24, 2.45) is 0 Å². The number of aromatic nitrogens is 3. The summed E-state index contributed by atoms with van der Waals surface area (Å²) in [6.07, 6.45) is 3.62. The molecule has 0 aliphatic rings. The van der Waals surface area contributed by atoms with E-state index in [2.05, 4.69) is 20.3 Å². The first-order valence-electron chi connectivity index (χ1n) is 8.99. The van der Waals surface area contributed by atoms with E-state index < -0.39 is 0 Å². The van der Waals surface area contributed by atoms with E-state index in [9.17, 15) is 4.79 Å². The maximum Gasteiger partial charge on any atom is 0.232 e. The van der Waals surface area contributed by atoms with Crippen LogP contribution in [0.3, 0.4) is 0 Å². The van der Waals surface area contributed by atoms with Gasteiger partial charge in [0.25, 0.3) is 0 Å². The van der Waals surface area contributed by atoms with Crippen LogP contribution in [0.1, 0.15) is 5.69 Å². The van der Waals surface area contributed by atoms with E-state index in [0.29, 0.717) is 22.3 Å². The minimum Gasteiger partial charge on any atom is -0.493 e. The number of carbonyl (C=O) groups excluding carboxylic acids is 1. The number of benzene rings is 1. The van der Waals surface area contributed by atoms with Gasteiger partial charge in [0.1, 0.15) is 5.01 Å². The van der Waals surface area contributed by atoms with E-state index >= 15 is 0 Å². The van der Waals surface area contributed by atoms with Gasteiger partial charge in [0, 0.05) is 34.3 Å². The fraction of sp³-hybridized carbons (Fsp3) is 0.143. The number of pyridine rings is 1. The lowest BCUT2D eigenvalue weighted by molar-refractivity contribution is -0.115. The largest absolute Gasteiger partial charge is 0.493 e. The molecule has 4 rings (SSSR count). The van der Waals surface area contributed by atoms with Crippen LogP contribution in [0.5, 0.6) is 11.5 Å². The molecule has 1 N–H and O–H groups in total. The summed E-state index contributed by atoms with van der Waals surface area (Å²) in [6, 6.07) is 9.41. The molecule has 9 heteroatoms. The predicted octanol–water partition coefficient (Wildman–Crippen LogP) is 4.53. The van der Waals surface area contributed by atoms with Gasteiger partial charge in [0.2, 0.25) is 5.91 Å². The zero-order chi connectivity index (χ0) is 20.9. The number of carbonyl (C=O) groups is 1. The summed E-state index contributed by atoms with van der Waals surface area (Å²) >= 11 is 2.86. The zero-order valence-electron chi connectivity index (χ0n) is 16.3. The molecule has 4 aromatic rings. The molecule has 0 aliphatic heterocycles. The third-order valence-electron chi connectivity index (χ3n) is 4.23. The van der Waals surface area contributed by atoms with E-state index in [-0.39, 0.29) is 12.3 Å². The Bertz CT molecular complexity index is 1160. The summed E-state index contributed by atoms with van der Waals surface area (Å²) < 4.78 is 10.6. The molecule has 0 unspecified atom stereocenters. The monoisotopic (exact) mass is 438 g/mol. The number of hydrogen-bond acceptors (Lipinski definition) is 8.